The zero-order chi connectivity index (χ0) is 18.1. The number of hydrogen-bond donors (Lipinski definition) is 1. The maximum atomic E-state index is 6.14. The number of likely N-dealkylation sites (N-methyl/N-ethyl adjacent to an activating group) is 1. The second kappa shape index (κ2) is 7.09. The molecule has 0 saturated carbocycles. The summed E-state index contributed by atoms with van der Waals surface area (Å²) in [6.45, 7) is 5.59. The van der Waals surface area contributed by atoms with Crippen LogP contribution < -0.4 is 5.32 Å². The van der Waals surface area contributed by atoms with Crippen molar-refractivity contribution in [1.29, 1.82) is 0 Å². The van der Waals surface area contributed by atoms with Crippen molar-refractivity contribution in [2.24, 2.45) is 14.1 Å². The zero-order valence-electron chi connectivity index (χ0n) is 15.6. The molecule has 2 atom stereocenters. The van der Waals surface area contributed by atoms with Crippen LogP contribution in [0, 0.1) is 0 Å². The smallest absolute Gasteiger partial charge is 0.203 e. The van der Waals surface area contributed by atoms with Gasteiger partial charge >= 0.3 is 0 Å². The summed E-state index contributed by atoms with van der Waals surface area (Å²) in [6, 6.07) is 8.37. The van der Waals surface area contributed by atoms with E-state index < -0.39 is 0 Å². The fourth-order valence-electron chi connectivity index (χ4n) is 3.83. The Labute approximate surface area is 153 Å². The lowest BCUT2D eigenvalue weighted by Gasteiger charge is -2.40. The molecule has 3 aromatic rings. The quantitative estimate of drug-likeness (QED) is 0.761. The first kappa shape index (κ1) is 17.1. The molecule has 0 amide bonds. The predicted molar refractivity (Wildman–Crippen MR) is 102 cm³/mol. The highest BCUT2D eigenvalue weighted by atomic mass is 16.5. The Bertz CT molecular complexity index is 885. The number of hydrogen-bond acceptors (Lipinski definition) is 5. The van der Waals surface area contributed by atoms with Gasteiger partial charge in [-0.3, -0.25) is 9.58 Å². The number of aryl methyl sites for hydroxylation is 2. The van der Waals surface area contributed by atoms with Crippen molar-refractivity contribution in [3.63, 3.8) is 0 Å². The molecule has 0 bridgehead atoms. The van der Waals surface area contributed by atoms with E-state index in [1.54, 1.807) is 0 Å². The Morgan fingerprint density at radius 2 is 2.12 bits per heavy atom. The standard InChI is InChI=1S/C19H26N6O/c1-4-25-9-10-26-17(18(25)14-11-21-23(2)13-14)12-20-19-22-15-7-5-6-8-16(15)24(19)3/h5-8,11,13,17-18H,4,9-10,12H2,1-3H3,(H,20,22)/t17-,18-/m0/s1. The third kappa shape index (κ3) is 3.08. The van der Waals surface area contributed by atoms with Crippen molar-refractivity contribution in [1.82, 2.24) is 24.2 Å². The molecule has 7 heteroatoms. The first-order valence-electron chi connectivity index (χ1n) is 9.17. The van der Waals surface area contributed by atoms with E-state index in [1.165, 1.54) is 5.56 Å². The van der Waals surface area contributed by atoms with Crippen molar-refractivity contribution in [3.8, 4) is 0 Å². The summed E-state index contributed by atoms with van der Waals surface area (Å²) < 4.78 is 10.1. The molecule has 4 rings (SSSR count). The third-order valence-corrected chi connectivity index (χ3v) is 5.18. The number of nitrogens with zero attached hydrogens (tertiary/aromatic N) is 5. The number of ether oxygens (including phenoxy) is 1. The Morgan fingerprint density at radius 3 is 2.85 bits per heavy atom. The van der Waals surface area contributed by atoms with Gasteiger partial charge in [0, 0.05) is 38.9 Å². The minimum Gasteiger partial charge on any atom is -0.373 e. The number of para-hydroxylation sites is 2. The van der Waals surface area contributed by atoms with E-state index in [-0.39, 0.29) is 12.1 Å². The zero-order valence-corrected chi connectivity index (χ0v) is 15.6. The second-order valence-electron chi connectivity index (χ2n) is 6.79. The molecule has 3 heterocycles. The largest absolute Gasteiger partial charge is 0.373 e. The highest BCUT2D eigenvalue weighted by Gasteiger charge is 2.33. The van der Waals surface area contributed by atoms with E-state index in [9.17, 15) is 0 Å². The molecular formula is C19H26N6O. The number of aromatic nitrogens is 4. The number of imidazole rings is 1. The van der Waals surface area contributed by atoms with Gasteiger partial charge in [-0.2, -0.15) is 5.10 Å². The van der Waals surface area contributed by atoms with Crippen LogP contribution in [-0.2, 0) is 18.8 Å². The number of benzene rings is 1. The summed E-state index contributed by atoms with van der Waals surface area (Å²) in [5.74, 6) is 0.869. The molecule has 26 heavy (non-hydrogen) atoms. The molecule has 0 aliphatic carbocycles. The van der Waals surface area contributed by atoms with Crippen LogP contribution in [0.5, 0.6) is 0 Å². The molecule has 1 N–H and O–H groups in total. The predicted octanol–water partition coefficient (Wildman–Crippen LogP) is 2.18. The van der Waals surface area contributed by atoms with Crippen molar-refractivity contribution in [2.45, 2.75) is 19.1 Å². The van der Waals surface area contributed by atoms with Gasteiger partial charge in [-0.1, -0.05) is 19.1 Å². The van der Waals surface area contributed by atoms with Crippen LogP contribution in [0.4, 0.5) is 5.95 Å². The van der Waals surface area contributed by atoms with Crippen molar-refractivity contribution < 1.29 is 4.74 Å². The van der Waals surface area contributed by atoms with Crippen LogP contribution >= 0.6 is 0 Å². The molecule has 1 aliphatic heterocycles. The van der Waals surface area contributed by atoms with Crippen molar-refractivity contribution in [2.75, 3.05) is 31.6 Å². The Hall–Kier alpha value is -2.38. The molecule has 2 aromatic heterocycles. The van der Waals surface area contributed by atoms with Crippen LogP contribution in [0.3, 0.4) is 0 Å². The van der Waals surface area contributed by atoms with Gasteiger partial charge in [0.15, 0.2) is 0 Å². The number of nitrogens with one attached hydrogen (secondary N) is 1. The summed E-state index contributed by atoms with van der Waals surface area (Å²) in [4.78, 5) is 7.16. The van der Waals surface area contributed by atoms with Gasteiger partial charge < -0.3 is 14.6 Å². The maximum Gasteiger partial charge on any atom is 0.203 e. The first-order chi connectivity index (χ1) is 12.7. The molecule has 1 saturated heterocycles. The van der Waals surface area contributed by atoms with Crippen LogP contribution in [0.2, 0.25) is 0 Å². The summed E-state index contributed by atoms with van der Waals surface area (Å²) in [5, 5.41) is 7.85. The highest BCUT2D eigenvalue weighted by molar-refractivity contribution is 5.78. The van der Waals surface area contributed by atoms with Crippen molar-refractivity contribution >= 4 is 17.0 Å². The highest BCUT2D eigenvalue weighted by Crippen LogP contribution is 2.29. The average Bonchev–Trinajstić information content (AvgIpc) is 3.23. The number of anilines is 1. The van der Waals surface area contributed by atoms with Crippen LogP contribution in [0.15, 0.2) is 36.7 Å². The SMILES string of the molecule is CCN1CCO[C@@H](CNc2nc3ccccc3n2C)[C@@H]1c1cnn(C)c1. The van der Waals surface area contributed by atoms with Crippen LogP contribution in [0.1, 0.15) is 18.5 Å². The number of morpholine rings is 1. The molecule has 7 nitrogen and oxygen atoms in total. The lowest BCUT2D eigenvalue weighted by molar-refractivity contribution is -0.0640. The van der Waals surface area contributed by atoms with Gasteiger partial charge in [0.2, 0.25) is 5.95 Å². The van der Waals surface area contributed by atoms with Gasteiger partial charge in [-0.25, -0.2) is 4.98 Å². The fraction of sp³-hybridized carbons (Fsp3) is 0.474. The van der Waals surface area contributed by atoms with Gasteiger partial charge in [-0.05, 0) is 18.7 Å². The third-order valence-electron chi connectivity index (χ3n) is 5.18. The van der Waals surface area contributed by atoms with Crippen LogP contribution in [0.25, 0.3) is 11.0 Å². The second-order valence-corrected chi connectivity index (χ2v) is 6.79. The lowest BCUT2D eigenvalue weighted by Crippen LogP contribution is -2.47. The van der Waals surface area contributed by atoms with E-state index in [1.807, 2.05) is 43.2 Å². The van der Waals surface area contributed by atoms with Crippen molar-refractivity contribution in [3.05, 3.63) is 42.2 Å². The van der Waals surface area contributed by atoms with E-state index in [4.69, 9.17) is 9.72 Å². The Morgan fingerprint density at radius 1 is 1.27 bits per heavy atom. The minimum atomic E-state index is 0.0488. The summed E-state index contributed by atoms with van der Waals surface area (Å²) in [6.07, 6.45) is 4.08. The maximum absolute atomic E-state index is 6.14. The molecule has 1 fully saturated rings. The topological polar surface area (TPSA) is 60.1 Å². The lowest BCUT2D eigenvalue weighted by atomic mass is 10.0. The van der Waals surface area contributed by atoms with E-state index in [2.05, 4.69) is 39.1 Å². The monoisotopic (exact) mass is 354 g/mol. The van der Waals surface area contributed by atoms with E-state index in [0.717, 1.165) is 36.7 Å². The molecule has 1 aliphatic rings. The summed E-state index contributed by atoms with van der Waals surface area (Å²) in [5.41, 5.74) is 3.32. The van der Waals surface area contributed by atoms with Gasteiger partial charge in [0.1, 0.15) is 0 Å². The number of rotatable bonds is 5. The molecule has 138 valence electrons. The van der Waals surface area contributed by atoms with Gasteiger partial charge in [-0.15, -0.1) is 0 Å². The normalized spacial score (nSPS) is 21.3. The van der Waals surface area contributed by atoms with Crippen LogP contribution in [-0.4, -0.2) is 56.6 Å². The van der Waals surface area contributed by atoms with E-state index >= 15 is 0 Å². The van der Waals surface area contributed by atoms with Gasteiger partial charge in [0.05, 0.1) is 36.0 Å². The average molecular weight is 354 g/mol. The number of fused-ring (bicyclic) bond motifs is 1. The first-order valence-corrected chi connectivity index (χ1v) is 9.17. The Kier molecular flexibility index (Phi) is 4.65. The fourth-order valence-corrected chi connectivity index (χ4v) is 3.83. The van der Waals surface area contributed by atoms with E-state index in [0.29, 0.717) is 6.54 Å². The molecule has 1 aromatic carbocycles. The summed E-state index contributed by atoms with van der Waals surface area (Å²) >= 11 is 0. The summed E-state index contributed by atoms with van der Waals surface area (Å²) in [7, 11) is 3.99. The molecular weight excluding hydrogens is 328 g/mol. The van der Waals surface area contributed by atoms with Gasteiger partial charge in [0.25, 0.3) is 0 Å². The molecule has 0 unspecified atom stereocenters. The molecule has 0 spiro atoms. The Balaban J connectivity index is 1.55. The molecule has 0 radical (unpaired) electrons. The minimum absolute atomic E-state index is 0.0488.